The molecule has 1 atom stereocenters. The Kier molecular flexibility index (Phi) is 11.1. The van der Waals surface area contributed by atoms with E-state index >= 15 is 0 Å². The topological polar surface area (TPSA) is 83.7 Å². The third kappa shape index (κ3) is 6.91. The zero-order valence-corrected chi connectivity index (χ0v) is 17.5. The van der Waals surface area contributed by atoms with Gasteiger partial charge in [0.2, 0.25) is 5.60 Å². The van der Waals surface area contributed by atoms with Crippen molar-refractivity contribution in [2.45, 2.75) is 32.0 Å². The Morgan fingerprint density at radius 3 is 2.54 bits per heavy atom. The number of aliphatic hydroxyl groups is 1. The summed E-state index contributed by atoms with van der Waals surface area (Å²) in [4.78, 5) is 7.75. The summed E-state index contributed by atoms with van der Waals surface area (Å²) in [5, 5.41) is 16.1. The van der Waals surface area contributed by atoms with Crippen molar-refractivity contribution in [2.24, 2.45) is 12.0 Å². The molecule has 11 heteroatoms. The SMILES string of the molecule is CCNC(=NCCC(O)(c1nccn1C)C(F)(F)F)NCCOCC.I. The van der Waals surface area contributed by atoms with Gasteiger partial charge in [-0.25, -0.2) is 4.98 Å². The number of hydrogen-bond donors (Lipinski definition) is 3. The number of halogens is 4. The number of nitrogens with zero attached hydrogens (tertiary/aromatic N) is 3. The van der Waals surface area contributed by atoms with E-state index in [1.807, 2.05) is 13.8 Å². The number of aryl methyl sites for hydroxylation is 1. The maximum Gasteiger partial charge on any atom is 0.424 e. The smallest absolute Gasteiger partial charge is 0.380 e. The van der Waals surface area contributed by atoms with Gasteiger partial charge in [-0.3, -0.25) is 4.99 Å². The van der Waals surface area contributed by atoms with E-state index in [2.05, 4.69) is 20.6 Å². The number of ether oxygens (including phenoxy) is 1. The molecule has 26 heavy (non-hydrogen) atoms. The summed E-state index contributed by atoms with van der Waals surface area (Å²) in [7, 11) is 1.40. The van der Waals surface area contributed by atoms with E-state index in [9.17, 15) is 18.3 Å². The molecule has 0 bridgehead atoms. The monoisotopic (exact) mass is 493 g/mol. The standard InChI is InChI=1S/C15H26F3N5O2.HI/c1-4-19-13(22-9-11-25-5-2)21-7-6-14(24,15(16,17)18)12-20-8-10-23(12)3;/h8,10,24H,4-7,9,11H2,1-3H3,(H2,19,21,22);1H. The number of guanidine groups is 1. The Morgan fingerprint density at radius 2 is 2.04 bits per heavy atom. The summed E-state index contributed by atoms with van der Waals surface area (Å²) in [6, 6.07) is 0. The van der Waals surface area contributed by atoms with Crippen LogP contribution in [0.5, 0.6) is 0 Å². The molecule has 0 aromatic carbocycles. The summed E-state index contributed by atoms with van der Waals surface area (Å²) >= 11 is 0. The van der Waals surface area contributed by atoms with Gasteiger partial charge in [0, 0.05) is 52.1 Å². The number of rotatable bonds is 9. The molecule has 1 rings (SSSR count). The average Bonchev–Trinajstić information content (AvgIpc) is 2.96. The van der Waals surface area contributed by atoms with Crippen LogP contribution < -0.4 is 10.6 Å². The molecule has 1 aromatic heterocycles. The van der Waals surface area contributed by atoms with Crippen molar-refractivity contribution >= 4 is 29.9 Å². The third-order valence-electron chi connectivity index (χ3n) is 3.49. The second-order valence-corrected chi connectivity index (χ2v) is 5.35. The highest BCUT2D eigenvalue weighted by Crippen LogP contribution is 2.40. The van der Waals surface area contributed by atoms with E-state index in [1.54, 1.807) is 0 Å². The number of imidazole rings is 1. The molecule has 1 heterocycles. The van der Waals surface area contributed by atoms with Crippen molar-refractivity contribution < 1.29 is 23.0 Å². The first-order chi connectivity index (χ1) is 11.8. The quantitative estimate of drug-likeness (QED) is 0.212. The molecule has 0 fully saturated rings. The van der Waals surface area contributed by atoms with Crippen LogP contribution >= 0.6 is 24.0 Å². The molecule has 0 amide bonds. The molecule has 1 unspecified atom stereocenters. The number of aliphatic imine (C=N–C) groups is 1. The van der Waals surface area contributed by atoms with Crippen LogP contribution in [0, 0.1) is 0 Å². The first kappa shape index (κ1) is 24.9. The highest BCUT2D eigenvalue weighted by Gasteiger charge is 2.57. The van der Waals surface area contributed by atoms with Gasteiger partial charge in [-0.15, -0.1) is 24.0 Å². The molecule has 0 aliphatic carbocycles. The minimum absolute atomic E-state index is 0. The maximum atomic E-state index is 13.4. The van der Waals surface area contributed by atoms with Crippen LogP contribution in [0.25, 0.3) is 0 Å². The van der Waals surface area contributed by atoms with Gasteiger partial charge in [-0.05, 0) is 13.8 Å². The van der Waals surface area contributed by atoms with E-state index in [-0.39, 0.29) is 30.5 Å². The molecule has 7 nitrogen and oxygen atoms in total. The molecule has 0 radical (unpaired) electrons. The lowest BCUT2D eigenvalue weighted by atomic mass is 9.98. The fourth-order valence-electron chi connectivity index (χ4n) is 2.20. The fraction of sp³-hybridized carbons (Fsp3) is 0.733. The van der Waals surface area contributed by atoms with Crippen LogP contribution in [-0.4, -0.2) is 59.6 Å². The van der Waals surface area contributed by atoms with Crippen molar-refractivity contribution in [3.63, 3.8) is 0 Å². The van der Waals surface area contributed by atoms with Crippen molar-refractivity contribution in [2.75, 3.05) is 32.8 Å². The Bertz CT molecular complexity index is 554. The number of alkyl halides is 3. The van der Waals surface area contributed by atoms with Gasteiger partial charge in [-0.1, -0.05) is 0 Å². The van der Waals surface area contributed by atoms with Crippen molar-refractivity contribution in [1.29, 1.82) is 0 Å². The first-order valence-corrected chi connectivity index (χ1v) is 8.13. The molecule has 0 saturated heterocycles. The van der Waals surface area contributed by atoms with Gasteiger partial charge in [0.1, 0.15) is 5.82 Å². The Balaban J connectivity index is 0.00000625. The predicted molar refractivity (Wildman–Crippen MR) is 104 cm³/mol. The van der Waals surface area contributed by atoms with Crippen LogP contribution in [0.15, 0.2) is 17.4 Å². The lowest BCUT2D eigenvalue weighted by Crippen LogP contribution is -2.45. The molecular weight excluding hydrogens is 466 g/mol. The molecule has 0 saturated carbocycles. The molecule has 0 aliphatic rings. The first-order valence-electron chi connectivity index (χ1n) is 8.13. The highest BCUT2D eigenvalue weighted by molar-refractivity contribution is 14.0. The van der Waals surface area contributed by atoms with Gasteiger partial charge in [0.15, 0.2) is 5.96 Å². The fourth-order valence-corrected chi connectivity index (χ4v) is 2.20. The zero-order chi connectivity index (χ0) is 18.9. The van der Waals surface area contributed by atoms with Gasteiger partial charge in [0.05, 0.1) is 6.61 Å². The Labute approximate surface area is 168 Å². The van der Waals surface area contributed by atoms with Crippen LogP contribution in [0.2, 0.25) is 0 Å². The summed E-state index contributed by atoms with van der Waals surface area (Å²) in [5.74, 6) is -0.0870. The van der Waals surface area contributed by atoms with E-state index in [0.29, 0.717) is 32.3 Å². The molecule has 152 valence electrons. The summed E-state index contributed by atoms with van der Waals surface area (Å²) < 4.78 is 46.6. The minimum Gasteiger partial charge on any atom is -0.380 e. The van der Waals surface area contributed by atoms with Gasteiger partial charge in [-0.2, -0.15) is 13.2 Å². The van der Waals surface area contributed by atoms with Gasteiger partial charge in [0.25, 0.3) is 0 Å². The summed E-state index contributed by atoms with van der Waals surface area (Å²) in [6.07, 6.45) is -2.92. The van der Waals surface area contributed by atoms with E-state index < -0.39 is 24.0 Å². The van der Waals surface area contributed by atoms with Crippen molar-refractivity contribution in [3.8, 4) is 0 Å². The average molecular weight is 493 g/mol. The molecule has 1 aromatic rings. The van der Waals surface area contributed by atoms with Crippen LogP contribution in [-0.2, 0) is 17.4 Å². The highest BCUT2D eigenvalue weighted by atomic mass is 127. The molecule has 0 spiro atoms. The second-order valence-electron chi connectivity index (χ2n) is 5.35. The minimum atomic E-state index is -4.86. The normalized spacial score (nSPS) is 14.5. The second kappa shape index (κ2) is 11.6. The Morgan fingerprint density at radius 1 is 1.35 bits per heavy atom. The number of nitrogens with one attached hydrogen (secondary N) is 2. The summed E-state index contributed by atoms with van der Waals surface area (Å²) in [5.41, 5.74) is -3.06. The molecule has 3 N–H and O–H groups in total. The third-order valence-corrected chi connectivity index (χ3v) is 3.49. The van der Waals surface area contributed by atoms with E-state index in [0.717, 1.165) is 4.57 Å². The van der Waals surface area contributed by atoms with Gasteiger partial charge < -0.3 is 25.0 Å². The number of aromatic nitrogens is 2. The number of hydrogen-bond acceptors (Lipinski definition) is 4. The van der Waals surface area contributed by atoms with Crippen LogP contribution in [0.4, 0.5) is 13.2 Å². The predicted octanol–water partition coefficient (Wildman–Crippen LogP) is 1.77. The molecular formula is C15H27F3IN5O2. The van der Waals surface area contributed by atoms with E-state index in [4.69, 9.17) is 4.74 Å². The van der Waals surface area contributed by atoms with Crippen LogP contribution in [0.3, 0.4) is 0 Å². The Hall–Kier alpha value is -1.08. The zero-order valence-electron chi connectivity index (χ0n) is 15.1. The summed E-state index contributed by atoms with van der Waals surface area (Å²) in [6.45, 7) is 5.56. The van der Waals surface area contributed by atoms with Crippen molar-refractivity contribution in [1.82, 2.24) is 20.2 Å². The van der Waals surface area contributed by atoms with Gasteiger partial charge >= 0.3 is 6.18 Å². The largest absolute Gasteiger partial charge is 0.424 e. The lowest BCUT2D eigenvalue weighted by Gasteiger charge is -2.29. The molecule has 0 aliphatic heterocycles. The lowest BCUT2D eigenvalue weighted by molar-refractivity contribution is -0.272. The van der Waals surface area contributed by atoms with E-state index in [1.165, 1.54) is 19.4 Å². The van der Waals surface area contributed by atoms with Crippen LogP contribution in [0.1, 0.15) is 26.1 Å². The van der Waals surface area contributed by atoms with Crippen molar-refractivity contribution in [3.05, 3.63) is 18.2 Å². The maximum absolute atomic E-state index is 13.4.